The molecule has 1 aromatic carbocycles. The Morgan fingerprint density at radius 1 is 1.31 bits per heavy atom. The van der Waals surface area contributed by atoms with Gasteiger partial charge in [0.15, 0.2) is 0 Å². The third kappa shape index (κ3) is 1.47. The molecule has 2 rings (SSSR count). The highest BCUT2D eigenvalue weighted by Crippen LogP contribution is 2.26. The first-order chi connectivity index (χ1) is 6.27. The van der Waals surface area contributed by atoms with E-state index in [1.807, 2.05) is 18.2 Å². The second-order valence-electron chi connectivity index (χ2n) is 3.03. The van der Waals surface area contributed by atoms with E-state index in [4.69, 9.17) is 5.73 Å². The molecule has 0 saturated carbocycles. The molecule has 0 saturated heterocycles. The van der Waals surface area contributed by atoms with E-state index in [1.54, 1.807) is 6.07 Å². The van der Waals surface area contributed by atoms with Crippen LogP contribution in [0.3, 0.4) is 0 Å². The van der Waals surface area contributed by atoms with Gasteiger partial charge in [0.2, 0.25) is 0 Å². The van der Waals surface area contributed by atoms with Crippen LogP contribution in [0.4, 0.5) is 10.1 Å². The molecule has 0 bridgehead atoms. The largest absolute Gasteiger partial charge is 0.398 e. The highest BCUT2D eigenvalue weighted by Gasteiger charge is 2.06. The monoisotopic (exact) mass is 175 g/mol. The van der Waals surface area contributed by atoms with Gasteiger partial charge >= 0.3 is 0 Å². The summed E-state index contributed by atoms with van der Waals surface area (Å²) in [5, 5.41) is 0. The topological polar surface area (TPSA) is 26.0 Å². The SMILES string of the molecule is Nc1ccc(F)cc1C1=CCC=C1. The van der Waals surface area contributed by atoms with Crippen molar-refractivity contribution in [3.63, 3.8) is 0 Å². The highest BCUT2D eigenvalue weighted by atomic mass is 19.1. The summed E-state index contributed by atoms with van der Waals surface area (Å²) in [7, 11) is 0. The minimum atomic E-state index is -0.245. The number of hydrogen-bond donors (Lipinski definition) is 1. The van der Waals surface area contributed by atoms with E-state index in [0.717, 1.165) is 17.6 Å². The lowest BCUT2D eigenvalue weighted by molar-refractivity contribution is 0.627. The average Bonchev–Trinajstić information content (AvgIpc) is 2.61. The lowest BCUT2D eigenvalue weighted by Gasteiger charge is -2.04. The van der Waals surface area contributed by atoms with Crippen LogP contribution in [0.15, 0.2) is 36.4 Å². The van der Waals surface area contributed by atoms with Crippen LogP contribution >= 0.6 is 0 Å². The number of allylic oxidation sites excluding steroid dienone is 4. The zero-order valence-corrected chi connectivity index (χ0v) is 7.13. The molecule has 0 atom stereocenters. The van der Waals surface area contributed by atoms with Crippen LogP contribution in [0, 0.1) is 5.82 Å². The maximum absolute atomic E-state index is 12.9. The number of anilines is 1. The number of nitrogen functional groups attached to an aromatic ring is 1. The van der Waals surface area contributed by atoms with Crippen LogP contribution in [0.2, 0.25) is 0 Å². The van der Waals surface area contributed by atoms with Crippen molar-refractivity contribution in [3.8, 4) is 0 Å². The second-order valence-corrected chi connectivity index (χ2v) is 3.03. The molecule has 2 heteroatoms. The lowest BCUT2D eigenvalue weighted by Crippen LogP contribution is -1.92. The molecule has 1 nitrogen and oxygen atoms in total. The standard InChI is InChI=1S/C11H10FN/c12-9-5-6-11(13)10(7-9)8-3-1-2-4-8/h1,3-7H,2,13H2. The number of halogens is 1. The second kappa shape index (κ2) is 3.05. The number of nitrogens with two attached hydrogens (primary N) is 1. The number of benzene rings is 1. The van der Waals surface area contributed by atoms with E-state index in [9.17, 15) is 4.39 Å². The molecule has 0 heterocycles. The average molecular weight is 175 g/mol. The highest BCUT2D eigenvalue weighted by molar-refractivity contribution is 5.82. The Balaban J connectivity index is 2.50. The number of hydrogen-bond acceptors (Lipinski definition) is 1. The first-order valence-corrected chi connectivity index (χ1v) is 4.19. The van der Waals surface area contributed by atoms with Crippen LogP contribution in [-0.2, 0) is 0 Å². The molecule has 0 unspecified atom stereocenters. The molecular weight excluding hydrogens is 165 g/mol. The van der Waals surface area contributed by atoms with Gasteiger partial charge in [-0.3, -0.25) is 0 Å². The quantitative estimate of drug-likeness (QED) is 0.652. The molecule has 1 aliphatic rings. The van der Waals surface area contributed by atoms with Crippen LogP contribution in [0.25, 0.3) is 5.57 Å². The molecule has 13 heavy (non-hydrogen) atoms. The summed E-state index contributed by atoms with van der Waals surface area (Å²) < 4.78 is 12.9. The normalized spacial score (nSPS) is 14.7. The first-order valence-electron chi connectivity index (χ1n) is 4.19. The molecule has 1 aliphatic carbocycles. The lowest BCUT2D eigenvalue weighted by atomic mass is 10.1. The van der Waals surface area contributed by atoms with Gasteiger partial charge in [0.25, 0.3) is 0 Å². The van der Waals surface area contributed by atoms with Crippen molar-refractivity contribution >= 4 is 11.3 Å². The predicted molar refractivity (Wildman–Crippen MR) is 52.5 cm³/mol. The van der Waals surface area contributed by atoms with Gasteiger partial charge in [0.1, 0.15) is 5.82 Å². The van der Waals surface area contributed by atoms with Crippen molar-refractivity contribution in [2.45, 2.75) is 6.42 Å². The van der Waals surface area contributed by atoms with Gasteiger partial charge in [-0.25, -0.2) is 4.39 Å². The Bertz CT molecular complexity index is 391. The van der Waals surface area contributed by atoms with Crippen LogP contribution in [-0.4, -0.2) is 0 Å². The molecule has 1 aromatic rings. The molecule has 0 radical (unpaired) electrons. The van der Waals surface area contributed by atoms with Crippen molar-refractivity contribution in [2.24, 2.45) is 0 Å². The van der Waals surface area contributed by atoms with Gasteiger partial charge in [-0.1, -0.05) is 18.2 Å². The molecule has 0 spiro atoms. The minimum Gasteiger partial charge on any atom is -0.398 e. The maximum atomic E-state index is 12.9. The Labute approximate surface area is 76.4 Å². The maximum Gasteiger partial charge on any atom is 0.123 e. The molecule has 0 fully saturated rings. The molecule has 2 N–H and O–H groups in total. The van der Waals surface area contributed by atoms with E-state index < -0.39 is 0 Å². The van der Waals surface area contributed by atoms with E-state index in [0.29, 0.717) is 5.69 Å². The number of rotatable bonds is 1. The zero-order chi connectivity index (χ0) is 9.26. The predicted octanol–water partition coefficient (Wildman–Crippen LogP) is 2.75. The van der Waals surface area contributed by atoms with Gasteiger partial charge in [-0.2, -0.15) is 0 Å². The van der Waals surface area contributed by atoms with Gasteiger partial charge in [-0.15, -0.1) is 0 Å². The Hall–Kier alpha value is -1.57. The minimum absolute atomic E-state index is 0.245. The van der Waals surface area contributed by atoms with Crippen LogP contribution in [0.5, 0.6) is 0 Å². The van der Waals surface area contributed by atoms with Crippen LogP contribution < -0.4 is 5.73 Å². The third-order valence-electron chi connectivity index (χ3n) is 2.10. The first kappa shape index (κ1) is 8.05. The van der Waals surface area contributed by atoms with Gasteiger partial charge in [0.05, 0.1) is 0 Å². The molecular formula is C11H10FN. The smallest absolute Gasteiger partial charge is 0.123 e. The van der Waals surface area contributed by atoms with E-state index in [-0.39, 0.29) is 5.82 Å². The van der Waals surface area contributed by atoms with Crippen molar-refractivity contribution < 1.29 is 4.39 Å². The van der Waals surface area contributed by atoms with E-state index in [2.05, 4.69) is 0 Å². The summed E-state index contributed by atoms with van der Waals surface area (Å²) in [6, 6.07) is 4.44. The Morgan fingerprint density at radius 2 is 2.15 bits per heavy atom. The molecule has 0 amide bonds. The Morgan fingerprint density at radius 3 is 2.85 bits per heavy atom. The molecule has 0 aliphatic heterocycles. The summed E-state index contributed by atoms with van der Waals surface area (Å²) in [6.45, 7) is 0. The summed E-state index contributed by atoms with van der Waals surface area (Å²) in [6.07, 6.45) is 6.93. The third-order valence-corrected chi connectivity index (χ3v) is 2.10. The van der Waals surface area contributed by atoms with Crippen molar-refractivity contribution in [1.82, 2.24) is 0 Å². The molecule has 0 aromatic heterocycles. The zero-order valence-electron chi connectivity index (χ0n) is 7.13. The summed E-state index contributed by atoms with van der Waals surface area (Å²) >= 11 is 0. The van der Waals surface area contributed by atoms with Crippen LogP contribution in [0.1, 0.15) is 12.0 Å². The fourth-order valence-electron chi connectivity index (χ4n) is 1.44. The fourth-order valence-corrected chi connectivity index (χ4v) is 1.44. The fraction of sp³-hybridized carbons (Fsp3) is 0.0909. The van der Waals surface area contributed by atoms with Crippen molar-refractivity contribution in [2.75, 3.05) is 5.73 Å². The Kier molecular flexibility index (Phi) is 1.89. The molecule has 66 valence electrons. The summed E-state index contributed by atoms with van der Waals surface area (Å²) in [5.74, 6) is -0.245. The van der Waals surface area contributed by atoms with E-state index >= 15 is 0 Å². The van der Waals surface area contributed by atoms with E-state index in [1.165, 1.54) is 12.1 Å². The van der Waals surface area contributed by atoms with Crippen molar-refractivity contribution in [1.29, 1.82) is 0 Å². The van der Waals surface area contributed by atoms with Gasteiger partial charge in [-0.05, 0) is 30.2 Å². The van der Waals surface area contributed by atoms with Gasteiger partial charge < -0.3 is 5.73 Å². The van der Waals surface area contributed by atoms with Crippen molar-refractivity contribution in [3.05, 3.63) is 47.8 Å². The van der Waals surface area contributed by atoms with Gasteiger partial charge in [0, 0.05) is 11.3 Å². The summed E-state index contributed by atoms with van der Waals surface area (Å²) in [5.41, 5.74) is 8.15. The summed E-state index contributed by atoms with van der Waals surface area (Å²) in [4.78, 5) is 0.